The summed E-state index contributed by atoms with van der Waals surface area (Å²) in [5.74, 6) is 0.844. The topological polar surface area (TPSA) is 97.5 Å². The molecule has 0 radical (unpaired) electrons. The maximum Gasteiger partial charge on any atom is 0.318 e. The molecule has 134 valence electrons. The van der Waals surface area contributed by atoms with Crippen LogP contribution in [0.5, 0.6) is 6.01 Å². The molecule has 0 aliphatic carbocycles. The highest BCUT2D eigenvalue weighted by Crippen LogP contribution is 2.23. The second-order valence-corrected chi connectivity index (χ2v) is 6.17. The molecule has 26 heavy (non-hydrogen) atoms. The number of aromatic nitrogens is 5. The smallest absolute Gasteiger partial charge is 0.318 e. The zero-order valence-electron chi connectivity index (χ0n) is 14.6. The summed E-state index contributed by atoms with van der Waals surface area (Å²) in [4.78, 5) is 27.2. The van der Waals surface area contributed by atoms with Gasteiger partial charge in [-0.05, 0) is 38.0 Å². The number of nitrogens with zero attached hydrogens (tertiary/aromatic N) is 6. The highest BCUT2D eigenvalue weighted by atomic mass is 16.5. The number of carbonyl (C=O) groups excluding carboxylic acids is 1. The Morgan fingerprint density at radius 1 is 1.31 bits per heavy atom. The molecule has 0 aromatic carbocycles. The van der Waals surface area contributed by atoms with Crippen LogP contribution >= 0.6 is 0 Å². The van der Waals surface area contributed by atoms with Crippen molar-refractivity contribution >= 4 is 23.2 Å². The largest absolute Gasteiger partial charge is 0.467 e. The first-order valence-corrected chi connectivity index (χ1v) is 8.45. The second-order valence-electron chi connectivity index (χ2n) is 6.17. The van der Waals surface area contributed by atoms with E-state index in [1.54, 1.807) is 10.6 Å². The molecule has 1 fully saturated rings. The second kappa shape index (κ2) is 6.58. The number of rotatable bonds is 4. The Labute approximate surface area is 150 Å². The average Bonchev–Trinajstić information content (AvgIpc) is 3.27. The fraction of sp³-hybridized carbons (Fsp3) is 0.353. The van der Waals surface area contributed by atoms with Gasteiger partial charge in [-0.25, -0.2) is 14.5 Å². The summed E-state index contributed by atoms with van der Waals surface area (Å²) in [7, 11) is 1.47. The van der Waals surface area contributed by atoms with Gasteiger partial charge in [-0.3, -0.25) is 4.79 Å². The lowest BCUT2D eigenvalue weighted by atomic mass is 10.2. The zero-order valence-corrected chi connectivity index (χ0v) is 14.6. The Bertz CT molecular complexity index is 955. The van der Waals surface area contributed by atoms with Crippen molar-refractivity contribution in [2.75, 3.05) is 23.9 Å². The molecule has 3 aromatic rings. The van der Waals surface area contributed by atoms with Crippen LogP contribution in [0.15, 0.2) is 30.6 Å². The Hall–Kier alpha value is -3.23. The third-order valence-corrected chi connectivity index (χ3v) is 4.49. The van der Waals surface area contributed by atoms with Crippen molar-refractivity contribution in [1.82, 2.24) is 24.6 Å². The van der Waals surface area contributed by atoms with E-state index in [-0.39, 0.29) is 11.9 Å². The SMILES string of the molecule is COc1nccc(NC(=O)c2cnc3ccc(N4CCCC4C)nn23)n1. The normalized spacial score (nSPS) is 16.8. The number of imidazole rings is 1. The molecule has 4 rings (SSSR count). The number of methoxy groups -OCH3 is 1. The first-order chi connectivity index (χ1) is 12.7. The molecule has 0 saturated carbocycles. The molecule has 4 heterocycles. The minimum absolute atomic E-state index is 0.185. The van der Waals surface area contributed by atoms with Crippen LogP contribution in [-0.2, 0) is 0 Å². The van der Waals surface area contributed by atoms with Crippen LogP contribution in [0.1, 0.15) is 30.3 Å². The van der Waals surface area contributed by atoms with Gasteiger partial charge < -0.3 is 15.0 Å². The van der Waals surface area contributed by atoms with Crippen molar-refractivity contribution in [2.45, 2.75) is 25.8 Å². The quantitative estimate of drug-likeness (QED) is 0.763. The van der Waals surface area contributed by atoms with Gasteiger partial charge in [0.15, 0.2) is 11.3 Å². The summed E-state index contributed by atoms with van der Waals surface area (Å²) < 4.78 is 6.53. The number of hydrogen-bond donors (Lipinski definition) is 1. The van der Waals surface area contributed by atoms with Crippen LogP contribution in [-0.4, -0.2) is 50.2 Å². The molecule has 9 nitrogen and oxygen atoms in total. The molecule has 1 saturated heterocycles. The molecule has 9 heteroatoms. The van der Waals surface area contributed by atoms with Gasteiger partial charge in [0, 0.05) is 18.8 Å². The van der Waals surface area contributed by atoms with Crippen LogP contribution in [0.3, 0.4) is 0 Å². The Balaban J connectivity index is 1.64. The summed E-state index contributed by atoms with van der Waals surface area (Å²) in [6.07, 6.45) is 5.31. The van der Waals surface area contributed by atoms with Crippen LogP contribution in [0.2, 0.25) is 0 Å². The van der Waals surface area contributed by atoms with Gasteiger partial charge in [0.1, 0.15) is 11.6 Å². The Morgan fingerprint density at radius 3 is 2.96 bits per heavy atom. The van der Waals surface area contributed by atoms with Gasteiger partial charge in [-0.1, -0.05) is 0 Å². The van der Waals surface area contributed by atoms with Crippen molar-refractivity contribution in [3.63, 3.8) is 0 Å². The first kappa shape index (κ1) is 16.2. The number of amides is 1. The number of ether oxygens (including phenoxy) is 1. The third-order valence-electron chi connectivity index (χ3n) is 4.49. The number of carbonyl (C=O) groups is 1. The Morgan fingerprint density at radius 2 is 2.19 bits per heavy atom. The predicted octanol–water partition coefficient (Wildman–Crippen LogP) is 1.77. The van der Waals surface area contributed by atoms with Crippen molar-refractivity contribution in [3.8, 4) is 6.01 Å². The summed E-state index contributed by atoms with van der Waals surface area (Å²) in [6.45, 7) is 3.15. The minimum atomic E-state index is -0.350. The number of hydrogen-bond acceptors (Lipinski definition) is 7. The van der Waals surface area contributed by atoms with E-state index in [1.807, 2.05) is 12.1 Å². The molecular weight excluding hydrogens is 334 g/mol. The van der Waals surface area contributed by atoms with Gasteiger partial charge in [0.2, 0.25) is 0 Å². The number of fused-ring (bicyclic) bond motifs is 1. The van der Waals surface area contributed by atoms with Crippen molar-refractivity contribution < 1.29 is 9.53 Å². The van der Waals surface area contributed by atoms with E-state index in [2.05, 4.69) is 37.2 Å². The zero-order chi connectivity index (χ0) is 18.1. The van der Waals surface area contributed by atoms with E-state index in [0.717, 1.165) is 25.2 Å². The molecule has 3 aromatic heterocycles. The lowest BCUT2D eigenvalue weighted by Crippen LogP contribution is -2.28. The van der Waals surface area contributed by atoms with E-state index in [4.69, 9.17) is 4.74 Å². The van der Waals surface area contributed by atoms with Gasteiger partial charge in [-0.15, -0.1) is 5.10 Å². The lowest BCUT2D eigenvalue weighted by molar-refractivity contribution is 0.102. The highest BCUT2D eigenvalue weighted by molar-refractivity contribution is 6.02. The van der Waals surface area contributed by atoms with Crippen LogP contribution < -0.4 is 15.0 Å². The maximum absolute atomic E-state index is 12.7. The predicted molar refractivity (Wildman–Crippen MR) is 95.6 cm³/mol. The molecule has 1 aliphatic heterocycles. The van der Waals surface area contributed by atoms with E-state index < -0.39 is 0 Å². The molecule has 1 N–H and O–H groups in total. The van der Waals surface area contributed by atoms with Crippen molar-refractivity contribution in [1.29, 1.82) is 0 Å². The first-order valence-electron chi connectivity index (χ1n) is 8.45. The fourth-order valence-corrected chi connectivity index (χ4v) is 3.13. The summed E-state index contributed by atoms with van der Waals surface area (Å²) in [5.41, 5.74) is 0.956. The average molecular weight is 353 g/mol. The minimum Gasteiger partial charge on any atom is -0.467 e. The molecule has 1 unspecified atom stereocenters. The summed E-state index contributed by atoms with van der Waals surface area (Å²) in [5, 5.41) is 7.35. The van der Waals surface area contributed by atoms with Crippen LogP contribution in [0, 0.1) is 0 Å². The third kappa shape index (κ3) is 2.92. The van der Waals surface area contributed by atoms with Crippen molar-refractivity contribution in [2.24, 2.45) is 0 Å². The van der Waals surface area contributed by atoms with E-state index >= 15 is 0 Å². The van der Waals surface area contributed by atoms with E-state index in [0.29, 0.717) is 23.2 Å². The van der Waals surface area contributed by atoms with Gasteiger partial charge in [-0.2, -0.15) is 4.98 Å². The number of nitrogens with one attached hydrogen (secondary N) is 1. The van der Waals surface area contributed by atoms with Crippen LogP contribution in [0.4, 0.5) is 11.6 Å². The molecule has 1 aliphatic rings. The lowest BCUT2D eigenvalue weighted by Gasteiger charge is -2.22. The fourth-order valence-electron chi connectivity index (χ4n) is 3.13. The summed E-state index contributed by atoms with van der Waals surface area (Å²) in [6, 6.07) is 6.03. The molecule has 1 atom stereocenters. The molecule has 1 amide bonds. The molecule has 0 bridgehead atoms. The van der Waals surface area contributed by atoms with Crippen LogP contribution in [0.25, 0.3) is 5.65 Å². The monoisotopic (exact) mass is 353 g/mol. The van der Waals surface area contributed by atoms with Gasteiger partial charge in [0.25, 0.3) is 5.91 Å². The van der Waals surface area contributed by atoms with Gasteiger partial charge in [0.05, 0.1) is 13.3 Å². The van der Waals surface area contributed by atoms with E-state index in [1.165, 1.54) is 19.5 Å². The molecule has 0 spiro atoms. The maximum atomic E-state index is 12.7. The van der Waals surface area contributed by atoms with E-state index in [9.17, 15) is 4.79 Å². The molecular formula is C17H19N7O2. The number of anilines is 2. The highest BCUT2D eigenvalue weighted by Gasteiger charge is 2.23. The van der Waals surface area contributed by atoms with Gasteiger partial charge >= 0.3 is 6.01 Å². The standard InChI is InChI=1S/C17H19N7O2/c1-11-4-3-9-23(11)15-6-5-14-19-10-12(24(14)22-15)16(25)20-13-7-8-18-17(21-13)26-2/h5-8,10-11H,3-4,9H2,1-2H3,(H,18,20,21,25). The summed E-state index contributed by atoms with van der Waals surface area (Å²) >= 11 is 0. The Kier molecular flexibility index (Phi) is 4.11. The van der Waals surface area contributed by atoms with Crippen molar-refractivity contribution in [3.05, 3.63) is 36.3 Å².